The molecule has 1 fully saturated rings. The van der Waals surface area contributed by atoms with Crippen molar-refractivity contribution >= 4 is 11.9 Å². The maximum absolute atomic E-state index is 12.4. The summed E-state index contributed by atoms with van der Waals surface area (Å²) in [6.07, 6.45) is 3.19. The van der Waals surface area contributed by atoms with Crippen molar-refractivity contribution < 1.29 is 9.21 Å². The molecule has 4 rings (SSSR count). The lowest BCUT2D eigenvalue weighted by Crippen LogP contribution is -2.40. The minimum Gasteiger partial charge on any atom is -0.439 e. The zero-order valence-corrected chi connectivity index (χ0v) is 19.0. The molecule has 1 aliphatic rings. The van der Waals surface area contributed by atoms with E-state index in [0.29, 0.717) is 31.4 Å². The Hall–Kier alpha value is -3.61. The SMILES string of the molecule is CCNC(=NCc1ncc(-c2ccccc2)o1)NCC1CC(=O)N(CCc2ccccc2)C1. The van der Waals surface area contributed by atoms with Crippen molar-refractivity contribution in [2.24, 2.45) is 10.9 Å². The smallest absolute Gasteiger partial charge is 0.223 e. The van der Waals surface area contributed by atoms with Gasteiger partial charge in [0.05, 0.1) is 6.20 Å². The van der Waals surface area contributed by atoms with E-state index in [0.717, 1.165) is 37.4 Å². The number of oxazole rings is 1. The Balaban J connectivity index is 1.27. The van der Waals surface area contributed by atoms with E-state index in [1.807, 2.05) is 60.4 Å². The number of nitrogens with zero attached hydrogens (tertiary/aromatic N) is 3. The second-order valence-electron chi connectivity index (χ2n) is 8.21. The highest BCUT2D eigenvalue weighted by atomic mass is 16.4. The van der Waals surface area contributed by atoms with Crippen LogP contribution in [-0.4, -0.2) is 47.9 Å². The number of guanidine groups is 1. The molecule has 7 nitrogen and oxygen atoms in total. The molecular weight excluding hydrogens is 414 g/mol. The fourth-order valence-electron chi connectivity index (χ4n) is 3.96. The highest BCUT2D eigenvalue weighted by molar-refractivity contribution is 5.81. The van der Waals surface area contributed by atoms with Gasteiger partial charge in [0.25, 0.3) is 0 Å². The monoisotopic (exact) mass is 445 g/mol. The Labute approximate surface area is 194 Å². The van der Waals surface area contributed by atoms with Crippen LogP contribution in [0.15, 0.2) is 76.3 Å². The predicted octanol–water partition coefficient (Wildman–Crippen LogP) is 3.49. The third-order valence-electron chi connectivity index (χ3n) is 5.69. The summed E-state index contributed by atoms with van der Waals surface area (Å²) in [6.45, 7) is 5.36. The zero-order chi connectivity index (χ0) is 22.9. The van der Waals surface area contributed by atoms with Crippen molar-refractivity contribution in [1.82, 2.24) is 20.5 Å². The summed E-state index contributed by atoms with van der Waals surface area (Å²) < 4.78 is 5.84. The number of aliphatic imine (C=N–C) groups is 1. The van der Waals surface area contributed by atoms with Crippen molar-refractivity contribution in [2.75, 3.05) is 26.2 Å². The average Bonchev–Trinajstić information content (AvgIpc) is 3.47. The van der Waals surface area contributed by atoms with Gasteiger partial charge in [0.15, 0.2) is 11.7 Å². The molecule has 172 valence electrons. The van der Waals surface area contributed by atoms with Gasteiger partial charge >= 0.3 is 0 Å². The minimum atomic E-state index is 0.230. The molecule has 1 unspecified atom stereocenters. The first-order chi connectivity index (χ1) is 16.2. The number of amides is 1. The van der Waals surface area contributed by atoms with E-state index in [4.69, 9.17) is 4.42 Å². The Morgan fingerprint density at radius 3 is 2.64 bits per heavy atom. The molecule has 2 heterocycles. The molecule has 1 amide bonds. The molecule has 0 aliphatic carbocycles. The van der Waals surface area contributed by atoms with Gasteiger partial charge in [0, 0.05) is 44.1 Å². The first-order valence-electron chi connectivity index (χ1n) is 11.5. The van der Waals surface area contributed by atoms with Crippen LogP contribution in [-0.2, 0) is 17.8 Å². The van der Waals surface area contributed by atoms with Gasteiger partial charge in [-0.15, -0.1) is 0 Å². The largest absolute Gasteiger partial charge is 0.439 e. The lowest BCUT2D eigenvalue weighted by Gasteiger charge is -2.17. The van der Waals surface area contributed by atoms with Gasteiger partial charge in [-0.3, -0.25) is 4.79 Å². The molecule has 0 radical (unpaired) electrons. The minimum absolute atomic E-state index is 0.230. The topological polar surface area (TPSA) is 82.8 Å². The Kier molecular flexibility index (Phi) is 7.74. The Bertz CT molecular complexity index is 1050. The summed E-state index contributed by atoms with van der Waals surface area (Å²) in [7, 11) is 0. The molecule has 0 saturated carbocycles. The molecule has 1 aliphatic heterocycles. The van der Waals surface area contributed by atoms with Crippen LogP contribution >= 0.6 is 0 Å². The van der Waals surface area contributed by atoms with E-state index in [-0.39, 0.29) is 11.8 Å². The number of nitrogens with one attached hydrogen (secondary N) is 2. The average molecular weight is 446 g/mol. The van der Waals surface area contributed by atoms with E-state index in [2.05, 4.69) is 32.7 Å². The molecule has 2 N–H and O–H groups in total. The van der Waals surface area contributed by atoms with Crippen LogP contribution in [0, 0.1) is 5.92 Å². The van der Waals surface area contributed by atoms with Crippen LogP contribution in [0.2, 0.25) is 0 Å². The van der Waals surface area contributed by atoms with Gasteiger partial charge in [-0.05, 0) is 18.9 Å². The molecule has 1 aromatic heterocycles. The molecule has 0 bridgehead atoms. The number of carbonyl (C=O) groups excluding carboxylic acids is 1. The number of hydrogen-bond donors (Lipinski definition) is 2. The fraction of sp³-hybridized carbons (Fsp3) is 0.346. The van der Waals surface area contributed by atoms with Crippen LogP contribution < -0.4 is 10.6 Å². The van der Waals surface area contributed by atoms with E-state index < -0.39 is 0 Å². The lowest BCUT2D eigenvalue weighted by molar-refractivity contribution is -0.127. The van der Waals surface area contributed by atoms with Crippen LogP contribution in [0.3, 0.4) is 0 Å². The summed E-state index contributed by atoms with van der Waals surface area (Å²) in [5.74, 6) is 2.50. The third kappa shape index (κ3) is 6.44. The normalized spacial score (nSPS) is 16.3. The quantitative estimate of drug-likeness (QED) is 0.389. The number of likely N-dealkylation sites (tertiary alicyclic amines) is 1. The molecule has 1 saturated heterocycles. The van der Waals surface area contributed by atoms with Crippen LogP contribution in [0.1, 0.15) is 24.8 Å². The van der Waals surface area contributed by atoms with Crippen LogP contribution in [0.4, 0.5) is 0 Å². The molecule has 1 atom stereocenters. The van der Waals surface area contributed by atoms with Crippen molar-refractivity contribution in [3.63, 3.8) is 0 Å². The van der Waals surface area contributed by atoms with E-state index in [1.54, 1.807) is 6.20 Å². The fourth-order valence-corrected chi connectivity index (χ4v) is 3.96. The molecular formula is C26H31N5O2. The summed E-state index contributed by atoms with van der Waals surface area (Å²) >= 11 is 0. The van der Waals surface area contributed by atoms with Gasteiger partial charge in [0.2, 0.25) is 11.8 Å². The Morgan fingerprint density at radius 2 is 1.88 bits per heavy atom. The predicted molar refractivity (Wildman–Crippen MR) is 130 cm³/mol. The molecule has 33 heavy (non-hydrogen) atoms. The first-order valence-corrected chi connectivity index (χ1v) is 11.5. The van der Waals surface area contributed by atoms with Crippen molar-refractivity contribution in [3.8, 4) is 11.3 Å². The van der Waals surface area contributed by atoms with Gasteiger partial charge in [-0.25, -0.2) is 9.98 Å². The maximum atomic E-state index is 12.4. The van der Waals surface area contributed by atoms with Crippen molar-refractivity contribution in [1.29, 1.82) is 0 Å². The summed E-state index contributed by atoms with van der Waals surface area (Å²) in [5, 5.41) is 6.63. The standard InChI is InChI=1S/C26H31N5O2/c1-2-27-26(30-18-24-28-17-23(33-24)22-11-7-4-8-12-22)29-16-21-15-25(32)31(19-21)14-13-20-9-5-3-6-10-20/h3-12,17,21H,2,13-16,18-19H2,1H3,(H2,27,29,30). The summed E-state index contributed by atoms with van der Waals surface area (Å²) in [5.41, 5.74) is 2.25. The zero-order valence-electron chi connectivity index (χ0n) is 19.0. The number of hydrogen-bond acceptors (Lipinski definition) is 4. The van der Waals surface area contributed by atoms with E-state index >= 15 is 0 Å². The summed E-state index contributed by atoms with van der Waals surface area (Å²) in [4.78, 5) is 23.4. The number of benzene rings is 2. The first kappa shape index (κ1) is 22.6. The number of carbonyl (C=O) groups is 1. The maximum Gasteiger partial charge on any atom is 0.223 e. The van der Waals surface area contributed by atoms with E-state index in [9.17, 15) is 4.79 Å². The molecule has 2 aromatic carbocycles. The van der Waals surface area contributed by atoms with Gasteiger partial charge in [-0.2, -0.15) is 0 Å². The second-order valence-corrected chi connectivity index (χ2v) is 8.21. The highest BCUT2D eigenvalue weighted by Crippen LogP contribution is 2.20. The summed E-state index contributed by atoms with van der Waals surface area (Å²) in [6, 6.07) is 20.2. The molecule has 0 spiro atoms. The van der Waals surface area contributed by atoms with Crippen molar-refractivity contribution in [3.05, 3.63) is 78.3 Å². The lowest BCUT2D eigenvalue weighted by atomic mass is 10.1. The third-order valence-corrected chi connectivity index (χ3v) is 5.69. The van der Waals surface area contributed by atoms with Crippen LogP contribution in [0.25, 0.3) is 11.3 Å². The van der Waals surface area contributed by atoms with Gasteiger partial charge in [0.1, 0.15) is 6.54 Å². The Morgan fingerprint density at radius 1 is 1.12 bits per heavy atom. The van der Waals surface area contributed by atoms with Crippen molar-refractivity contribution in [2.45, 2.75) is 26.3 Å². The van der Waals surface area contributed by atoms with Crippen LogP contribution in [0.5, 0.6) is 0 Å². The molecule has 3 aromatic rings. The van der Waals surface area contributed by atoms with E-state index in [1.165, 1.54) is 5.56 Å². The molecule has 7 heteroatoms. The number of rotatable bonds is 9. The van der Waals surface area contributed by atoms with Gasteiger partial charge < -0.3 is 20.0 Å². The second kappa shape index (κ2) is 11.3. The number of aromatic nitrogens is 1. The highest BCUT2D eigenvalue weighted by Gasteiger charge is 2.29. The van der Waals surface area contributed by atoms with Gasteiger partial charge in [-0.1, -0.05) is 60.7 Å².